The van der Waals surface area contributed by atoms with Crippen LogP contribution in [0.15, 0.2) is 18.2 Å². The summed E-state index contributed by atoms with van der Waals surface area (Å²) < 4.78 is 18.7. The minimum absolute atomic E-state index is 0.250. The number of ether oxygens (including phenoxy) is 1. The Bertz CT molecular complexity index is 380. The minimum atomic E-state index is -0.811. The fourth-order valence-electron chi connectivity index (χ4n) is 1.61. The van der Waals surface area contributed by atoms with E-state index in [4.69, 9.17) is 10.5 Å². The Kier molecular flexibility index (Phi) is 5.56. The van der Waals surface area contributed by atoms with Crippen LogP contribution in [-0.2, 0) is 0 Å². The highest BCUT2D eigenvalue weighted by molar-refractivity contribution is 5.29. The normalized spacial score (nSPS) is 14.3. The van der Waals surface area contributed by atoms with Crippen molar-refractivity contribution in [3.63, 3.8) is 0 Å². The summed E-state index contributed by atoms with van der Waals surface area (Å²) in [6.45, 7) is 4.31. The first-order valence-electron chi connectivity index (χ1n) is 6.26. The van der Waals surface area contributed by atoms with Crippen molar-refractivity contribution in [3.8, 4) is 5.75 Å². The zero-order chi connectivity index (χ0) is 13.6. The van der Waals surface area contributed by atoms with Crippen LogP contribution in [0.1, 0.15) is 31.7 Å². The molecule has 4 heteroatoms. The fraction of sp³-hybridized carbons (Fsp3) is 0.571. The number of halogens is 1. The van der Waals surface area contributed by atoms with Gasteiger partial charge < -0.3 is 15.6 Å². The van der Waals surface area contributed by atoms with Crippen molar-refractivity contribution in [1.29, 1.82) is 0 Å². The molecule has 0 saturated heterocycles. The Morgan fingerprint density at radius 2 is 2.11 bits per heavy atom. The molecule has 0 saturated carbocycles. The Hall–Kier alpha value is -1.13. The summed E-state index contributed by atoms with van der Waals surface area (Å²) in [6.07, 6.45) is 2.20. The van der Waals surface area contributed by atoms with E-state index in [9.17, 15) is 9.50 Å². The lowest BCUT2D eigenvalue weighted by Crippen LogP contribution is -2.33. The van der Waals surface area contributed by atoms with Gasteiger partial charge in [0.2, 0.25) is 0 Å². The Labute approximate surface area is 108 Å². The number of aryl methyl sites for hydroxylation is 1. The standard InChI is InChI=1S/C14H22FNO2/c1-11-5-6-12(15)13(9-11)18-8-4-3-7-14(2,17)10-16/h5-6,9,17H,3-4,7-8,10,16H2,1-2H3. The Balaban J connectivity index is 2.28. The van der Waals surface area contributed by atoms with Crippen molar-refractivity contribution in [3.05, 3.63) is 29.6 Å². The van der Waals surface area contributed by atoms with Gasteiger partial charge in [0.05, 0.1) is 12.2 Å². The van der Waals surface area contributed by atoms with E-state index >= 15 is 0 Å². The van der Waals surface area contributed by atoms with Gasteiger partial charge in [0.15, 0.2) is 11.6 Å². The highest BCUT2D eigenvalue weighted by Crippen LogP contribution is 2.19. The number of rotatable bonds is 7. The number of hydrogen-bond donors (Lipinski definition) is 2. The zero-order valence-electron chi connectivity index (χ0n) is 11.1. The predicted molar refractivity (Wildman–Crippen MR) is 70.2 cm³/mol. The lowest BCUT2D eigenvalue weighted by atomic mass is 10.00. The van der Waals surface area contributed by atoms with E-state index in [1.807, 2.05) is 6.92 Å². The van der Waals surface area contributed by atoms with Crippen LogP contribution in [0.3, 0.4) is 0 Å². The highest BCUT2D eigenvalue weighted by atomic mass is 19.1. The average molecular weight is 255 g/mol. The molecular weight excluding hydrogens is 233 g/mol. The highest BCUT2D eigenvalue weighted by Gasteiger charge is 2.16. The van der Waals surface area contributed by atoms with Gasteiger partial charge in [-0.2, -0.15) is 0 Å². The molecule has 0 aliphatic carbocycles. The van der Waals surface area contributed by atoms with Crippen molar-refractivity contribution in [1.82, 2.24) is 0 Å². The first kappa shape index (κ1) is 14.9. The predicted octanol–water partition coefficient (Wildman–Crippen LogP) is 2.39. The van der Waals surface area contributed by atoms with Crippen molar-refractivity contribution < 1.29 is 14.2 Å². The number of aliphatic hydroxyl groups is 1. The second-order valence-corrected chi connectivity index (χ2v) is 4.94. The van der Waals surface area contributed by atoms with Crippen LogP contribution in [0.2, 0.25) is 0 Å². The largest absolute Gasteiger partial charge is 0.491 e. The van der Waals surface area contributed by atoms with E-state index in [2.05, 4.69) is 0 Å². The van der Waals surface area contributed by atoms with E-state index in [1.54, 1.807) is 19.1 Å². The summed E-state index contributed by atoms with van der Waals surface area (Å²) in [5, 5.41) is 9.69. The molecule has 1 unspecified atom stereocenters. The van der Waals surface area contributed by atoms with Crippen molar-refractivity contribution >= 4 is 0 Å². The summed E-state index contributed by atoms with van der Waals surface area (Å²) in [7, 11) is 0. The molecule has 0 aliphatic heterocycles. The van der Waals surface area contributed by atoms with E-state index in [-0.39, 0.29) is 12.4 Å². The van der Waals surface area contributed by atoms with Crippen molar-refractivity contribution in [2.24, 2.45) is 5.73 Å². The van der Waals surface area contributed by atoms with Gasteiger partial charge in [0, 0.05) is 6.54 Å². The van der Waals surface area contributed by atoms with Crippen LogP contribution in [0, 0.1) is 12.7 Å². The summed E-state index contributed by atoms with van der Waals surface area (Å²) in [6, 6.07) is 4.80. The molecule has 0 aromatic heterocycles. The molecule has 1 aromatic carbocycles. The van der Waals surface area contributed by atoms with Gasteiger partial charge >= 0.3 is 0 Å². The summed E-state index contributed by atoms with van der Waals surface area (Å²) in [5.41, 5.74) is 5.58. The molecule has 0 bridgehead atoms. The molecule has 3 nitrogen and oxygen atoms in total. The molecule has 0 spiro atoms. The number of nitrogens with two attached hydrogens (primary N) is 1. The monoisotopic (exact) mass is 255 g/mol. The van der Waals surface area contributed by atoms with E-state index in [0.717, 1.165) is 18.4 Å². The van der Waals surface area contributed by atoms with Crippen LogP contribution in [0.25, 0.3) is 0 Å². The summed E-state index contributed by atoms with van der Waals surface area (Å²) in [4.78, 5) is 0. The van der Waals surface area contributed by atoms with Gasteiger partial charge in [-0.1, -0.05) is 6.07 Å². The molecule has 1 atom stereocenters. The molecule has 0 amide bonds. The Morgan fingerprint density at radius 3 is 2.78 bits per heavy atom. The second-order valence-electron chi connectivity index (χ2n) is 4.94. The van der Waals surface area contributed by atoms with Gasteiger partial charge in [-0.25, -0.2) is 4.39 Å². The third-order valence-electron chi connectivity index (χ3n) is 2.89. The average Bonchev–Trinajstić information content (AvgIpc) is 2.33. The molecule has 0 fully saturated rings. The van der Waals surface area contributed by atoms with Crippen molar-refractivity contribution in [2.45, 2.75) is 38.7 Å². The molecule has 0 radical (unpaired) electrons. The molecule has 1 rings (SSSR count). The molecule has 1 aromatic rings. The number of hydrogen-bond acceptors (Lipinski definition) is 3. The number of unbranched alkanes of at least 4 members (excludes halogenated alkanes) is 1. The topological polar surface area (TPSA) is 55.5 Å². The smallest absolute Gasteiger partial charge is 0.165 e. The maximum atomic E-state index is 13.3. The maximum absolute atomic E-state index is 13.3. The van der Waals surface area contributed by atoms with Gasteiger partial charge in [-0.3, -0.25) is 0 Å². The maximum Gasteiger partial charge on any atom is 0.165 e. The van der Waals surface area contributed by atoms with Gasteiger partial charge in [0.1, 0.15) is 0 Å². The van der Waals surface area contributed by atoms with Crippen LogP contribution in [0.5, 0.6) is 5.75 Å². The molecule has 0 heterocycles. The van der Waals surface area contributed by atoms with Crippen LogP contribution < -0.4 is 10.5 Å². The SMILES string of the molecule is Cc1ccc(F)c(OCCCCC(C)(O)CN)c1. The molecule has 18 heavy (non-hydrogen) atoms. The molecular formula is C14H22FNO2. The van der Waals surface area contributed by atoms with Gasteiger partial charge in [-0.05, 0) is 50.8 Å². The number of benzene rings is 1. The lowest BCUT2D eigenvalue weighted by molar-refractivity contribution is 0.0561. The lowest BCUT2D eigenvalue weighted by Gasteiger charge is -2.20. The van der Waals surface area contributed by atoms with Gasteiger partial charge in [-0.15, -0.1) is 0 Å². The fourth-order valence-corrected chi connectivity index (χ4v) is 1.61. The van der Waals surface area contributed by atoms with E-state index < -0.39 is 5.60 Å². The Morgan fingerprint density at radius 1 is 1.39 bits per heavy atom. The third kappa shape index (κ3) is 5.02. The van der Waals surface area contributed by atoms with Crippen LogP contribution >= 0.6 is 0 Å². The molecule has 0 aliphatic rings. The summed E-state index contributed by atoms with van der Waals surface area (Å²) >= 11 is 0. The van der Waals surface area contributed by atoms with E-state index in [0.29, 0.717) is 18.8 Å². The van der Waals surface area contributed by atoms with Crippen LogP contribution in [0.4, 0.5) is 4.39 Å². The first-order valence-corrected chi connectivity index (χ1v) is 6.26. The molecule has 102 valence electrons. The molecule has 3 N–H and O–H groups in total. The second kappa shape index (κ2) is 6.71. The van der Waals surface area contributed by atoms with Crippen LogP contribution in [-0.4, -0.2) is 23.9 Å². The van der Waals surface area contributed by atoms with Gasteiger partial charge in [0.25, 0.3) is 0 Å². The van der Waals surface area contributed by atoms with Crippen molar-refractivity contribution in [2.75, 3.05) is 13.2 Å². The summed E-state index contributed by atoms with van der Waals surface area (Å²) in [5.74, 6) is -0.0462. The third-order valence-corrected chi connectivity index (χ3v) is 2.89. The first-order chi connectivity index (χ1) is 8.44. The minimum Gasteiger partial charge on any atom is -0.491 e. The van der Waals surface area contributed by atoms with E-state index in [1.165, 1.54) is 6.07 Å². The quantitative estimate of drug-likeness (QED) is 0.736. The zero-order valence-corrected chi connectivity index (χ0v) is 11.1.